The van der Waals surface area contributed by atoms with E-state index >= 15 is 0 Å². The van der Waals surface area contributed by atoms with Gasteiger partial charge in [0.2, 0.25) is 10.0 Å². The number of halogens is 3. The van der Waals surface area contributed by atoms with Crippen LogP contribution in [-0.2, 0) is 41.0 Å². The molecule has 0 aromatic carbocycles. The van der Waals surface area contributed by atoms with Gasteiger partial charge in [-0.25, -0.2) is 22.9 Å². The van der Waals surface area contributed by atoms with Crippen molar-refractivity contribution in [2.75, 3.05) is 12.8 Å². The molecule has 1 aliphatic heterocycles. The zero-order valence-electron chi connectivity index (χ0n) is 14.8. The number of rotatable bonds is 5. The summed E-state index contributed by atoms with van der Waals surface area (Å²) >= 11 is 1.71. The van der Waals surface area contributed by atoms with E-state index in [0.717, 1.165) is 44.0 Å². The molecule has 0 fully saturated rings. The Balaban J connectivity index is 0.000000345. The number of nitrogens with one attached hydrogen (secondary N) is 1. The standard InChI is InChI=1S/C13H18N4O2S2.C2HF3O2/c1-21(18,19)14-6-12-8-17-4-3-16(9-13(17)15-12)7-11-2-5-20-10-11;3-2(4,5)1(6)7/h2,5,8,10,14H,3-4,6-7,9H2,1H3;(H,6,7). The first-order valence-electron chi connectivity index (χ1n) is 7.97. The summed E-state index contributed by atoms with van der Waals surface area (Å²) < 4.78 is 58.6. The lowest BCUT2D eigenvalue weighted by Crippen LogP contribution is -2.33. The SMILES string of the molecule is CS(=O)(=O)NCc1cn2c(n1)CN(Cc1ccsc1)CC2.O=C(O)C(F)(F)F. The quantitative estimate of drug-likeness (QED) is 0.733. The summed E-state index contributed by atoms with van der Waals surface area (Å²) in [4.78, 5) is 15.8. The molecule has 0 aliphatic carbocycles. The Hall–Kier alpha value is -1.96. The van der Waals surface area contributed by atoms with Crippen molar-refractivity contribution in [3.63, 3.8) is 0 Å². The number of sulfonamides is 1. The molecular formula is C15H19F3N4O4S2. The first kappa shape index (κ1) is 22.3. The number of nitrogens with zero attached hydrogens (tertiary/aromatic N) is 3. The maximum absolute atomic E-state index is 11.1. The minimum Gasteiger partial charge on any atom is -0.475 e. The van der Waals surface area contributed by atoms with Gasteiger partial charge in [-0.05, 0) is 22.4 Å². The Morgan fingerprint density at radius 1 is 1.39 bits per heavy atom. The highest BCUT2D eigenvalue weighted by atomic mass is 32.2. The van der Waals surface area contributed by atoms with Crippen LogP contribution in [-0.4, -0.2) is 52.9 Å². The van der Waals surface area contributed by atoms with E-state index in [2.05, 4.69) is 36.0 Å². The smallest absolute Gasteiger partial charge is 0.475 e. The second-order valence-electron chi connectivity index (χ2n) is 6.08. The summed E-state index contributed by atoms with van der Waals surface area (Å²) in [6, 6.07) is 2.15. The normalized spacial score (nSPS) is 14.9. The third-order valence-electron chi connectivity index (χ3n) is 3.68. The molecule has 2 N–H and O–H groups in total. The van der Waals surface area contributed by atoms with Crippen molar-refractivity contribution in [2.45, 2.75) is 32.4 Å². The molecule has 0 atom stereocenters. The molecule has 0 spiro atoms. The summed E-state index contributed by atoms with van der Waals surface area (Å²) in [6.07, 6.45) is -1.99. The van der Waals surface area contributed by atoms with E-state index in [1.165, 1.54) is 5.56 Å². The minimum absolute atomic E-state index is 0.253. The van der Waals surface area contributed by atoms with E-state index in [0.29, 0.717) is 0 Å². The molecule has 0 bridgehead atoms. The second kappa shape index (κ2) is 9.03. The number of imidazole rings is 1. The van der Waals surface area contributed by atoms with Gasteiger partial charge in [0, 0.05) is 25.8 Å². The topological polar surface area (TPSA) is 105 Å². The van der Waals surface area contributed by atoms with Gasteiger partial charge in [0.05, 0.1) is 25.0 Å². The molecule has 0 unspecified atom stereocenters. The van der Waals surface area contributed by atoms with Crippen LogP contribution in [0.1, 0.15) is 17.1 Å². The summed E-state index contributed by atoms with van der Waals surface area (Å²) in [6.45, 7) is 3.87. The molecule has 13 heteroatoms. The van der Waals surface area contributed by atoms with Crippen LogP contribution in [0, 0.1) is 0 Å². The Labute approximate surface area is 163 Å². The Bertz CT molecular complexity index is 895. The number of alkyl halides is 3. The number of aliphatic carboxylic acids is 1. The third kappa shape index (κ3) is 7.22. The molecule has 3 rings (SSSR count). The molecule has 28 heavy (non-hydrogen) atoms. The van der Waals surface area contributed by atoms with Crippen molar-refractivity contribution in [3.05, 3.63) is 40.1 Å². The van der Waals surface area contributed by atoms with Crippen LogP contribution >= 0.6 is 11.3 Å². The zero-order chi connectivity index (χ0) is 20.9. The molecule has 0 saturated carbocycles. The lowest BCUT2D eigenvalue weighted by molar-refractivity contribution is -0.192. The molecule has 3 heterocycles. The van der Waals surface area contributed by atoms with E-state index in [-0.39, 0.29) is 6.54 Å². The van der Waals surface area contributed by atoms with Gasteiger partial charge in [-0.3, -0.25) is 4.90 Å². The number of fused-ring (bicyclic) bond motifs is 1. The van der Waals surface area contributed by atoms with Crippen molar-refractivity contribution >= 4 is 27.3 Å². The van der Waals surface area contributed by atoms with Crippen molar-refractivity contribution in [1.82, 2.24) is 19.2 Å². The predicted molar refractivity (Wildman–Crippen MR) is 96.0 cm³/mol. The van der Waals surface area contributed by atoms with Gasteiger partial charge < -0.3 is 9.67 Å². The first-order valence-corrected chi connectivity index (χ1v) is 10.8. The van der Waals surface area contributed by atoms with Crippen molar-refractivity contribution in [3.8, 4) is 0 Å². The highest BCUT2D eigenvalue weighted by Gasteiger charge is 2.38. The van der Waals surface area contributed by atoms with Gasteiger partial charge in [-0.1, -0.05) is 0 Å². The molecule has 8 nitrogen and oxygen atoms in total. The van der Waals surface area contributed by atoms with Gasteiger partial charge in [-0.15, -0.1) is 0 Å². The van der Waals surface area contributed by atoms with Crippen LogP contribution in [0.3, 0.4) is 0 Å². The number of thiophene rings is 1. The molecule has 1 aliphatic rings. The largest absolute Gasteiger partial charge is 0.490 e. The highest BCUT2D eigenvalue weighted by Crippen LogP contribution is 2.17. The fourth-order valence-corrected chi connectivity index (χ4v) is 3.50. The number of hydrogen-bond donors (Lipinski definition) is 2. The lowest BCUT2D eigenvalue weighted by Gasteiger charge is -2.27. The summed E-state index contributed by atoms with van der Waals surface area (Å²) in [5, 5.41) is 11.4. The zero-order valence-corrected chi connectivity index (χ0v) is 16.4. The minimum atomic E-state index is -5.08. The Morgan fingerprint density at radius 3 is 2.61 bits per heavy atom. The lowest BCUT2D eigenvalue weighted by atomic mass is 10.3. The van der Waals surface area contributed by atoms with Crippen molar-refractivity contribution in [1.29, 1.82) is 0 Å². The maximum Gasteiger partial charge on any atom is 0.490 e. The van der Waals surface area contributed by atoms with Gasteiger partial charge >= 0.3 is 12.1 Å². The van der Waals surface area contributed by atoms with Crippen LogP contribution in [0.2, 0.25) is 0 Å². The number of carboxylic acid groups (broad SMARTS) is 1. The molecule has 0 radical (unpaired) electrons. The first-order chi connectivity index (χ1) is 12.9. The van der Waals surface area contributed by atoms with Crippen LogP contribution in [0.4, 0.5) is 13.2 Å². The van der Waals surface area contributed by atoms with Crippen LogP contribution < -0.4 is 4.72 Å². The number of hydrogen-bond acceptors (Lipinski definition) is 6. The Morgan fingerprint density at radius 2 is 2.07 bits per heavy atom. The van der Waals surface area contributed by atoms with Crippen LogP contribution in [0.25, 0.3) is 0 Å². The molecule has 2 aromatic rings. The molecule has 0 saturated heterocycles. The fraction of sp³-hybridized carbons (Fsp3) is 0.467. The number of aromatic nitrogens is 2. The average Bonchev–Trinajstić information content (AvgIpc) is 3.20. The van der Waals surface area contributed by atoms with Gasteiger partial charge in [-0.2, -0.15) is 24.5 Å². The van der Waals surface area contributed by atoms with Gasteiger partial charge in [0.15, 0.2) is 0 Å². The predicted octanol–water partition coefficient (Wildman–Crippen LogP) is 1.64. The van der Waals surface area contributed by atoms with E-state index in [4.69, 9.17) is 9.90 Å². The van der Waals surface area contributed by atoms with Crippen molar-refractivity contribution < 1.29 is 31.5 Å². The number of carbonyl (C=O) groups is 1. The van der Waals surface area contributed by atoms with Crippen LogP contribution in [0.5, 0.6) is 0 Å². The van der Waals surface area contributed by atoms with E-state index in [1.807, 2.05) is 6.20 Å². The maximum atomic E-state index is 11.1. The second-order valence-corrected chi connectivity index (χ2v) is 8.69. The van der Waals surface area contributed by atoms with E-state index in [9.17, 15) is 21.6 Å². The highest BCUT2D eigenvalue weighted by molar-refractivity contribution is 7.88. The summed E-state index contributed by atoms with van der Waals surface area (Å²) in [7, 11) is -3.18. The Kier molecular flexibility index (Phi) is 7.20. The van der Waals surface area contributed by atoms with E-state index in [1.54, 1.807) is 11.3 Å². The van der Waals surface area contributed by atoms with Crippen molar-refractivity contribution in [2.24, 2.45) is 0 Å². The van der Waals surface area contributed by atoms with Gasteiger partial charge in [0.1, 0.15) is 5.82 Å². The third-order valence-corrected chi connectivity index (χ3v) is 5.08. The fourth-order valence-electron chi connectivity index (χ4n) is 2.43. The van der Waals surface area contributed by atoms with Gasteiger partial charge in [0.25, 0.3) is 0 Å². The monoisotopic (exact) mass is 440 g/mol. The summed E-state index contributed by atoms with van der Waals surface area (Å²) in [5.74, 6) is -1.76. The van der Waals surface area contributed by atoms with Crippen LogP contribution in [0.15, 0.2) is 23.0 Å². The van der Waals surface area contributed by atoms with E-state index < -0.39 is 22.2 Å². The molecule has 2 aromatic heterocycles. The molecular weight excluding hydrogens is 421 g/mol. The molecule has 156 valence electrons. The molecule has 0 amide bonds. The number of carboxylic acids is 1. The average molecular weight is 440 g/mol. The summed E-state index contributed by atoms with van der Waals surface area (Å²) in [5.41, 5.74) is 2.10.